The average Bonchev–Trinajstić information content (AvgIpc) is 3.41. The van der Waals surface area contributed by atoms with Gasteiger partial charge in [-0.3, -0.25) is 9.69 Å². The monoisotopic (exact) mass is 471 g/mol. The van der Waals surface area contributed by atoms with Crippen molar-refractivity contribution in [1.29, 1.82) is 0 Å². The van der Waals surface area contributed by atoms with Crippen molar-refractivity contribution < 1.29 is 14.3 Å². The molecule has 0 atom stereocenters. The van der Waals surface area contributed by atoms with Gasteiger partial charge >= 0.3 is 0 Å². The normalized spacial score (nSPS) is 18.5. The number of fused-ring (bicyclic) bond motifs is 1. The van der Waals surface area contributed by atoms with Crippen molar-refractivity contribution in [2.75, 3.05) is 32.0 Å². The highest BCUT2D eigenvalue weighted by molar-refractivity contribution is 7.14. The largest absolute Gasteiger partial charge is 0.383 e. The minimum Gasteiger partial charge on any atom is -0.383 e. The van der Waals surface area contributed by atoms with E-state index in [0.29, 0.717) is 36.9 Å². The van der Waals surface area contributed by atoms with Gasteiger partial charge < -0.3 is 15.2 Å². The number of likely N-dealkylation sites (tertiary alicyclic amines) is 1. The highest BCUT2D eigenvalue weighted by atomic mass is 35.5. The molecular formula is C24H26ClN3O3S. The van der Waals surface area contributed by atoms with Gasteiger partial charge in [0.25, 0.3) is 0 Å². The number of aromatic nitrogens is 1. The van der Waals surface area contributed by atoms with Gasteiger partial charge in [0.2, 0.25) is 0 Å². The Morgan fingerprint density at radius 1 is 1.19 bits per heavy atom. The van der Waals surface area contributed by atoms with E-state index in [1.807, 2.05) is 24.3 Å². The standard InChI is InChI=1S/C24H26ClN3O3S/c25-19-14-21(32-22(19)15-28-9-6-24(7-10-28)30-11-12-31-24)20(29)4-2-16-1-3-18-17(13-16)5-8-27-23(18)26/h1,3,5,8,13-14H,2,4,6-7,9-12,15H2,(H2,26,27). The Hall–Kier alpha value is -2.03. The summed E-state index contributed by atoms with van der Waals surface area (Å²) in [6.45, 7) is 3.94. The fraction of sp³-hybridized carbons (Fsp3) is 0.417. The quantitative estimate of drug-likeness (QED) is 0.525. The Labute approximate surface area is 196 Å². The van der Waals surface area contributed by atoms with E-state index in [1.54, 1.807) is 6.20 Å². The molecule has 8 heteroatoms. The summed E-state index contributed by atoms with van der Waals surface area (Å²) in [7, 11) is 0. The Morgan fingerprint density at radius 3 is 2.75 bits per heavy atom. The number of carbonyl (C=O) groups is 1. The molecule has 5 rings (SSSR count). The molecular weight excluding hydrogens is 446 g/mol. The molecule has 6 nitrogen and oxygen atoms in total. The number of pyridine rings is 1. The van der Waals surface area contributed by atoms with Crippen LogP contribution < -0.4 is 5.73 Å². The summed E-state index contributed by atoms with van der Waals surface area (Å²) < 4.78 is 11.6. The lowest BCUT2D eigenvalue weighted by molar-refractivity contribution is -0.185. The fourth-order valence-electron chi connectivity index (χ4n) is 4.48. The molecule has 2 fully saturated rings. The fourth-order valence-corrected chi connectivity index (χ4v) is 5.89. The number of hydrogen-bond donors (Lipinski definition) is 1. The second-order valence-electron chi connectivity index (χ2n) is 8.44. The van der Waals surface area contributed by atoms with Crippen LogP contribution in [0.1, 0.15) is 39.4 Å². The van der Waals surface area contributed by atoms with Crippen molar-refractivity contribution in [2.45, 2.75) is 38.0 Å². The predicted molar refractivity (Wildman–Crippen MR) is 127 cm³/mol. The molecule has 32 heavy (non-hydrogen) atoms. The van der Waals surface area contributed by atoms with E-state index in [-0.39, 0.29) is 11.6 Å². The third kappa shape index (κ3) is 4.54. The minimum absolute atomic E-state index is 0.128. The highest BCUT2D eigenvalue weighted by Gasteiger charge is 2.39. The van der Waals surface area contributed by atoms with Crippen LogP contribution in [0.5, 0.6) is 0 Å². The van der Waals surface area contributed by atoms with Crippen LogP contribution in [0.25, 0.3) is 10.8 Å². The maximum Gasteiger partial charge on any atom is 0.173 e. The predicted octanol–water partition coefficient (Wildman–Crippen LogP) is 4.69. The van der Waals surface area contributed by atoms with E-state index in [1.165, 1.54) is 11.3 Å². The van der Waals surface area contributed by atoms with Gasteiger partial charge in [0, 0.05) is 55.4 Å². The van der Waals surface area contributed by atoms with Crippen molar-refractivity contribution in [1.82, 2.24) is 9.88 Å². The maximum atomic E-state index is 12.8. The van der Waals surface area contributed by atoms with Crippen LogP contribution in [0.15, 0.2) is 36.5 Å². The molecule has 0 saturated carbocycles. The van der Waals surface area contributed by atoms with Crippen LogP contribution in [-0.2, 0) is 22.4 Å². The van der Waals surface area contributed by atoms with Gasteiger partial charge in [-0.1, -0.05) is 29.8 Å². The Morgan fingerprint density at radius 2 is 1.97 bits per heavy atom. The van der Waals surface area contributed by atoms with E-state index in [4.69, 9.17) is 26.8 Å². The number of thiophene rings is 1. The number of rotatable bonds is 6. The van der Waals surface area contributed by atoms with Crippen LogP contribution in [0, 0.1) is 0 Å². The number of aryl methyl sites for hydroxylation is 1. The van der Waals surface area contributed by atoms with E-state index >= 15 is 0 Å². The van der Waals surface area contributed by atoms with Crippen LogP contribution in [0.2, 0.25) is 5.02 Å². The molecule has 0 amide bonds. The number of Topliss-reactive ketones (excluding diaryl/α,β-unsaturated/α-hetero) is 1. The molecule has 0 unspecified atom stereocenters. The van der Waals surface area contributed by atoms with Crippen LogP contribution >= 0.6 is 22.9 Å². The molecule has 0 radical (unpaired) electrons. The number of benzene rings is 1. The molecule has 1 spiro atoms. The number of ether oxygens (including phenoxy) is 2. The van der Waals surface area contributed by atoms with Crippen molar-refractivity contribution in [3.8, 4) is 0 Å². The first-order valence-corrected chi connectivity index (χ1v) is 12.2. The molecule has 4 heterocycles. The van der Waals surface area contributed by atoms with E-state index in [2.05, 4.69) is 16.0 Å². The number of piperidine rings is 1. The summed E-state index contributed by atoms with van der Waals surface area (Å²) in [5.74, 6) is 0.280. The van der Waals surface area contributed by atoms with Gasteiger partial charge in [0.1, 0.15) is 5.82 Å². The zero-order valence-electron chi connectivity index (χ0n) is 17.8. The number of nitrogen functional groups attached to an aromatic ring is 1. The van der Waals surface area contributed by atoms with Crippen molar-refractivity contribution in [2.24, 2.45) is 0 Å². The lowest BCUT2D eigenvalue weighted by Crippen LogP contribution is -2.44. The van der Waals surface area contributed by atoms with Crippen molar-refractivity contribution in [3.63, 3.8) is 0 Å². The van der Waals surface area contributed by atoms with Gasteiger partial charge in [0.05, 0.1) is 23.1 Å². The minimum atomic E-state index is -0.373. The zero-order valence-corrected chi connectivity index (χ0v) is 19.4. The molecule has 0 aliphatic carbocycles. The second kappa shape index (κ2) is 9.08. The van der Waals surface area contributed by atoms with Crippen LogP contribution in [0.3, 0.4) is 0 Å². The number of halogens is 1. The number of nitrogens with two attached hydrogens (primary N) is 1. The van der Waals surface area contributed by atoms with Gasteiger partial charge in [-0.05, 0) is 29.5 Å². The van der Waals surface area contributed by atoms with Crippen LogP contribution in [0.4, 0.5) is 5.82 Å². The number of anilines is 1. The van der Waals surface area contributed by atoms with Gasteiger partial charge in [-0.15, -0.1) is 11.3 Å². The van der Waals surface area contributed by atoms with Gasteiger partial charge in [-0.25, -0.2) is 4.98 Å². The topological polar surface area (TPSA) is 77.7 Å². The lowest BCUT2D eigenvalue weighted by atomic mass is 10.0. The first kappa shape index (κ1) is 21.8. The average molecular weight is 472 g/mol. The zero-order chi connectivity index (χ0) is 22.1. The van der Waals surface area contributed by atoms with Gasteiger partial charge in [-0.2, -0.15) is 0 Å². The summed E-state index contributed by atoms with van der Waals surface area (Å²) in [5, 5.41) is 2.66. The first-order valence-electron chi connectivity index (χ1n) is 11.0. The molecule has 0 bridgehead atoms. The Bertz CT molecular complexity index is 1130. The Balaban J connectivity index is 1.19. The molecule has 2 aliphatic rings. The number of carbonyl (C=O) groups excluding carboxylic acids is 1. The van der Waals surface area contributed by atoms with Crippen LogP contribution in [-0.4, -0.2) is 47.8 Å². The molecule has 2 aliphatic heterocycles. The van der Waals surface area contributed by atoms with E-state index in [0.717, 1.165) is 58.6 Å². The molecule has 2 aromatic heterocycles. The number of nitrogens with zero attached hydrogens (tertiary/aromatic N) is 2. The lowest BCUT2D eigenvalue weighted by Gasteiger charge is -2.37. The summed E-state index contributed by atoms with van der Waals surface area (Å²) in [4.78, 5) is 21.1. The highest BCUT2D eigenvalue weighted by Crippen LogP contribution is 2.34. The SMILES string of the molecule is Nc1nccc2cc(CCC(=O)c3cc(Cl)c(CN4CCC5(CC4)OCCO5)s3)ccc12. The summed E-state index contributed by atoms with van der Waals surface area (Å²) in [5.41, 5.74) is 7.04. The van der Waals surface area contributed by atoms with E-state index < -0.39 is 0 Å². The maximum absolute atomic E-state index is 12.8. The number of ketones is 1. The molecule has 2 N–H and O–H groups in total. The third-order valence-electron chi connectivity index (χ3n) is 6.33. The molecule has 3 aromatic rings. The molecule has 168 valence electrons. The van der Waals surface area contributed by atoms with Crippen molar-refractivity contribution in [3.05, 3.63) is 56.9 Å². The molecule has 1 aromatic carbocycles. The first-order chi connectivity index (χ1) is 15.5. The van der Waals surface area contributed by atoms with Crippen molar-refractivity contribution >= 4 is 45.3 Å². The summed E-state index contributed by atoms with van der Waals surface area (Å²) >= 11 is 8.00. The number of hydrogen-bond acceptors (Lipinski definition) is 7. The third-order valence-corrected chi connectivity index (χ3v) is 7.94. The Kier molecular flexibility index (Phi) is 6.18. The summed E-state index contributed by atoms with van der Waals surface area (Å²) in [6.07, 6.45) is 4.57. The summed E-state index contributed by atoms with van der Waals surface area (Å²) in [6, 6.07) is 9.83. The van der Waals surface area contributed by atoms with Gasteiger partial charge in [0.15, 0.2) is 11.6 Å². The van der Waals surface area contributed by atoms with E-state index in [9.17, 15) is 4.79 Å². The second-order valence-corrected chi connectivity index (χ2v) is 9.98. The molecule has 2 saturated heterocycles. The smallest absolute Gasteiger partial charge is 0.173 e.